The van der Waals surface area contributed by atoms with Gasteiger partial charge < -0.3 is 19.9 Å². The van der Waals surface area contributed by atoms with Crippen LogP contribution in [0.15, 0.2) is 48.5 Å². The second-order valence-corrected chi connectivity index (χ2v) is 7.79. The summed E-state index contributed by atoms with van der Waals surface area (Å²) >= 11 is 0. The average molecular weight is 382 g/mol. The summed E-state index contributed by atoms with van der Waals surface area (Å²) < 4.78 is 2.50. The average Bonchev–Trinajstić information content (AvgIpc) is 2.95. The van der Waals surface area contributed by atoms with Crippen LogP contribution in [0.1, 0.15) is 27.2 Å². The minimum absolute atomic E-state index is 0.599. The van der Waals surface area contributed by atoms with Crippen molar-refractivity contribution in [3.63, 3.8) is 0 Å². The molecule has 5 heteroatoms. The third-order valence-corrected chi connectivity index (χ3v) is 5.17. The molecule has 1 aliphatic rings. The monoisotopic (exact) mass is 381 g/mol. The normalized spacial score (nSPS) is 20.1. The molecule has 2 unspecified atom stereocenters. The molecule has 0 radical (unpaired) electrons. The van der Waals surface area contributed by atoms with Gasteiger partial charge in [-0.05, 0) is 38.9 Å². The number of hydrogen-bond acceptors (Lipinski definition) is 3. The van der Waals surface area contributed by atoms with E-state index in [-0.39, 0.29) is 0 Å². The summed E-state index contributed by atoms with van der Waals surface area (Å²) in [7, 11) is 0. The minimum Gasteiger partial charge on any atom is -0.481 e. The van der Waals surface area contributed by atoms with E-state index in [9.17, 15) is 0 Å². The maximum atomic E-state index is 9.00. The maximum Gasteiger partial charge on any atom is 0.300 e. The summed E-state index contributed by atoms with van der Waals surface area (Å²) in [6, 6.07) is 18.8. The van der Waals surface area contributed by atoms with Crippen molar-refractivity contribution in [1.82, 2.24) is 14.8 Å². The van der Waals surface area contributed by atoms with Crippen molar-refractivity contribution in [1.29, 1.82) is 0 Å². The Bertz CT molecular complexity index is 867. The lowest BCUT2D eigenvalue weighted by molar-refractivity contribution is -0.134. The molecule has 1 aliphatic heterocycles. The number of benzene rings is 2. The number of para-hydroxylation sites is 2. The van der Waals surface area contributed by atoms with Crippen molar-refractivity contribution in [2.75, 3.05) is 19.6 Å². The van der Waals surface area contributed by atoms with E-state index in [1.165, 1.54) is 34.8 Å². The molecule has 2 atom stereocenters. The second kappa shape index (κ2) is 9.22. The fraction of sp³-hybridized carbons (Fsp3) is 0.435. The number of fused-ring (bicyclic) bond motifs is 3. The fourth-order valence-electron chi connectivity index (χ4n) is 4.32. The Kier molecular flexibility index (Phi) is 6.70. The van der Waals surface area contributed by atoms with E-state index in [0.29, 0.717) is 12.1 Å². The van der Waals surface area contributed by atoms with E-state index in [2.05, 4.69) is 77.2 Å². The number of carboxylic acid groups (broad SMARTS) is 1. The summed E-state index contributed by atoms with van der Waals surface area (Å²) in [6.07, 6.45) is 1.20. The van der Waals surface area contributed by atoms with Crippen molar-refractivity contribution in [3.05, 3.63) is 48.5 Å². The molecule has 2 heterocycles. The van der Waals surface area contributed by atoms with Gasteiger partial charge in [0.2, 0.25) is 0 Å². The number of nitrogens with one attached hydrogen (secondary N) is 1. The van der Waals surface area contributed by atoms with Gasteiger partial charge in [0.15, 0.2) is 0 Å². The quantitative estimate of drug-likeness (QED) is 0.718. The van der Waals surface area contributed by atoms with E-state index in [4.69, 9.17) is 9.90 Å². The van der Waals surface area contributed by atoms with Crippen LogP contribution in [0.4, 0.5) is 0 Å². The molecule has 0 saturated carbocycles. The van der Waals surface area contributed by atoms with Gasteiger partial charge in [0.25, 0.3) is 5.97 Å². The molecule has 1 saturated heterocycles. The highest BCUT2D eigenvalue weighted by Gasteiger charge is 2.20. The predicted octanol–water partition coefficient (Wildman–Crippen LogP) is 3.96. The van der Waals surface area contributed by atoms with Crippen molar-refractivity contribution in [3.8, 4) is 0 Å². The van der Waals surface area contributed by atoms with Crippen LogP contribution in [0.3, 0.4) is 0 Å². The lowest BCUT2D eigenvalue weighted by atomic mass is 10.1. The molecule has 0 bridgehead atoms. The molecule has 5 nitrogen and oxygen atoms in total. The van der Waals surface area contributed by atoms with Gasteiger partial charge in [-0.3, -0.25) is 4.79 Å². The third kappa shape index (κ3) is 4.91. The summed E-state index contributed by atoms with van der Waals surface area (Å²) in [5.41, 5.74) is 2.72. The van der Waals surface area contributed by atoms with Gasteiger partial charge in [0.05, 0.1) is 0 Å². The Morgan fingerprint density at radius 1 is 0.964 bits per heavy atom. The minimum atomic E-state index is -0.833. The number of aliphatic carboxylic acids is 1. The Balaban J connectivity index is 0.000000516. The number of rotatable bonds is 4. The van der Waals surface area contributed by atoms with Crippen molar-refractivity contribution >= 4 is 27.8 Å². The molecular formula is C23H31N3O2. The SMILES string of the molecule is CC(=O)O.CC1CN(CCCn2c3ccccc3c3ccccc32)CC(C)N1. The van der Waals surface area contributed by atoms with Gasteiger partial charge in [-0.2, -0.15) is 0 Å². The van der Waals surface area contributed by atoms with Gasteiger partial charge in [-0.25, -0.2) is 0 Å². The summed E-state index contributed by atoms with van der Waals surface area (Å²) in [5.74, 6) is -0.833. The van der Waals surface area contributed by atoms with Gasteiger partial charge >= 0.3 is 0 Å². The van der Waals surface area contributed by atoms with Crippen LogP contribution >= 0.6 is 0 Å². The van der Waals surface area contributed by atoms with Crippen LogP contribution in [-0.4, -0.2) is 52.3 Å². The van der Waals surface area contributed by atoms with Crippen LogP contribution < -0.4 is 5.32 Å². The first-order chi connectivity index (χ1) is 13.5. The Hall–Kier alpha value is -2.37. The molecule has 2 N–H and O–H groups in total. The number of aryl methyl sites for hydroxylation is 1. The number of carbonyl (C=O) groups is 1. The zero-order valence-electron chi connectivity index (χ0n) is 17.1. The second-order valence-electron chi connectivity index (χ2n) is 7.79. The van der Waals surface area contributed by atoms with E-state index in [1.807, 2.05) is 0 Å². The first kappa shape index (κ1) is 20.4. The van der Waals surface area contributed by atoms with E-state index < -0.39 is 5.97 Å². The topological polar surface area (TPSA) is 57.5 Å². The third-order valence-electron chi connectivity index (χ3n) is 5.17. The maximum absolute atomic E-state index is 9.00. The number of carboxylic acids is 1. The molecule has 0 aliphatic carbocycles. The van der Waals surface area contributed by atoms with Crippen LogP contribution in [0.5, 0.6) is 0 Å². The molecule has 1 aromatic heterocycles. The summed E-state index contributed by atoms with van der Waals surface area (Å²) in [4.78, 5) is 11.6. The number of hydrogen-bond donors (Lipinski definition) is 2. The highest BCUT2D eigenvalue weighted by atomic mass is 16.4. The first-order valence-corrected chi connectivity index (χ1v) is 10.1. The van der Waals surface area contributed by atoms with Gasteiger partial charge in [-0.15, -0.1) is 0 Å². The van der Waals surface area contributed by atoms with Crippen molar-refractivity contribution in [2.24, 2.45) is 0 Å². The molecule has 1 fully saturated rings. The van der Waals surface area contributed by atoms with Crippen molar-refractivity contribution < 1.29 is 9.90 Å². The molecule has 2 aromatic carbocycles. The van der Waals surface area contributed by atoms with Gasteiger partial charge in [0, 0.05) is 60.4 Å². The van der Waals surface area contributed by atoms with Gasteiger partial charge in [-0.1, -0.05) is 36.4 Å². The predicted molar refractivity (Wildman–Crippen MR) is 116 cm³/mol. The Morgan fingerprint density at radius 2 is 1.43 bits per heavy atom. The molecular weight excluding hydrogens is 350 g/mol. The lowest BCUT2D eigenvalue weighted by Gasteiger charge is -2.36. The standard InChI is InChI=1S/C21H27N3.C2H4O2/c1-16-14-23(15-17(2)22-16)12-7-13-24-20-10-5-3-8-18(20)19-9-4-6-11-21(19)24;1-2(3)4/h3-6,8-11,16-17,22H,7,12-15H2,1-2H3;1H3,(H,3,4). The largest absolute Gasteiger partial charge is 0.481 e. The Morgan fingerprint density at radius 3 is 1.93 bits per heavy atom. The number of aromatic nitrogens is 1. The van der Waals surface area contributed by atoms with E-state index in [1.54, 1.807) is 0 Å². The fourth-order valence-corrected chi connectivity index (χ4v) is 4.32. The van der Waals surface area contributed by atoms with E-state index in [0.717, 1.165) is 26.6 Å². The summed E-state index contributed by atoms with van der Waals surface area (Å²) in [5, 5.41) is 13.8. The molecule has 4 rings (SSSR count). The lowest BCUT2D eigenvalue weighted by Crippen LogP contribution is -2.54. The highest BCUT2D eigenvalue weighted by molar-refractivity contribution is 6.07. The van der Waals surface area contributed by atoms with Gasteiger partial charge in [0.1, 0.15) is 0 Å². The smallest absolute Gasteiger partial charge is 0.300 e. The van der Waals surface area contributed by atoms with Crippen LogP contribution in [0, 0.1) is 0 Å². The van der Waals surface area contributed by atoms with Crippen molar-refractivity contribution in [2.45, 2.75) is 45.8 Å². The molecule has 0 amide bonds. The molecule has 3 aromatic rings. The van der Waals surface area contributed by atoms with Crippen LogP contribution in [-0.2, 0) is 11.3 Å². The Labute approximate surface area is 166 Å². The molecule has 150 valence electrons. The molecule has 28 heavy (non-hydrogen) atoms. The zero-order valence-corrected chi connectivity index (χ0v) is 17.1. The summed E-state index contributed by atoms with van der Waals surface area (Å²) in [6.45, 7) is 10.2. The first-order valence-electron chi connectivity index (χ1n) is 10.1. The molecule has 0 spiro atoms. The van der Waals surface area contributed by atoms with Crippen LogP contribution in [0.25, 0.3) is 21.8 Å². The highest BCUT2D eigenvalue weighted by Crippen LogP contribution is 2.28. The number of nitrogens with zero attached hydrogens (tertiary/aromatic N) is 2. The van der Waals surface area contributed by atoms with E-state index >= 15 is 0 Å². The zero-order chi connectivity index (χ0) is 20.1. The number of piperazine rings is 1. The van der Waals surface area contributed by atoms with Crippen LogP contribution in [0.2, 0.25) is 0 Å².